The van der Waals surface area contributed by atoms with Gasteiger partial charge in [0.2, 0.25) is 0 Å². The zero-order valence-corrected chi connectivity index (χ0v) is 13.3. The molecule has 24 heavy (non-hydrogen) atoms. The Morgan fingerprint density at radius 3 is 2.42 bits per heavy atom. The Balaban J connectivity index is 1.78. The van der Waals surface area contributed by atoms with Crippen molar-refractivity contribution in [2.24, 2.45) is 21.2 Å². The second-order valence-electron chi connectivity index (χ2n) is 4.77. The first-order valence-corrected chi connectivity index (χ1v) is 7.48. The van der Waals surface area contributed by atoms with Crippen LogP contribution in [0.3, 0.4) is 0 Å². The van der Waals surface area contributed by atoms with Crippen molar-refractivity contribution in [3.63, 3.8) is 0 Å². The molecule has 0 fully saturated rings. The zero-order valence-electron chi connectivity index (χ0n) is 12.5. The third kappa shape index (κ3) is 3.80. The molecule has 2 N–H and O–H groups in total. The lowest BCUT2D eigenvalue weighted by Gasteiger charge is -2.03. The summed E-state index contributed by atoms with van der Waals surface area (Å²) in [5, 5.41) is 12.1. The molecule has 3 rings (SSSR count). The Morgan fingerprint density at radius 1 is 0.958 bits per heavy atom. The first-order valence-electron chi connectivity index (χ1n) is 7.10. The molecule has 2 aromatic heterocycles. The standard InChI is InChI=1S/C17H13ClN6/c18-14-11-12(7-8-13(14)15-5-1-3-9-20-15)22-24-23-17(19)16-6-2-4-10-21-16/h1-11H,(H2,19,22,23). The van der Waals surface area contributed by atoms with Gasteiger partial charge in [-0.1, -0.05) is 23.7 Å². The summed E-state index contributed by atoms with van der Waals surface area (Å²) in [5.74, 6) is 0.190. The molecule has 0 amide bonds. The Bertz CT molecular complexity index is 878. The molecule has 0 aliphatic rings. The van der Waals surface area contributed by atoms with Crippen LogP contribution in [-0.2, 0) is 0 Å². The minimum Gasteiger partial charge on any atom is -0.380 e. The zero-order chi connectivity index (χ0) is 16.8. The Labute approximate surface area is 143 Å². The van der Waals surface area contributed by atoms with Gasteiger partial charge in [0, 0.05) is 18.0 Å². The van der Waals surface area contributed by atoms with Crippen molar-refractivity contribution in [2.45, 2.75) is 0 Å². The van der Waals surface area contributed by atoms with Crippen molar-refractivity contribution in [3.8, 4) is 11.3 Å². The maximum Gasteiger partial charge on any atom is 0.173 e. The van der Waals surface area contributed by atoms with Gasteiger partial charge in [-0.05, 0) is 47.7 Å². The molecule has 0 aliphatic heterocycles. The van der Waals surface area contributed by atoms with Gasteiger partial charge in [-0.15, -0.1) is 10.2 Å². The third-order valence-electron chi connectivity index (χ3n) is 3.13. The van der Waals surface area contributed by atoms with Crippen LogP contribution >= 0.6 is 11.6 Å². The van der Waals surface area contributed by atoms with E-state index in [-0.39, 0.29) is 5.84 Å². The normalized spacial score (nSPS) is 11.8. The van der Waals surface area contributed by atoms with E-state index >= 15 is 0 Å². The van der Waals surface area contributed by atoms with Crippen LogP contribution in [0.5, 0.6) is 0 Å². The van der Waals surface area contributed by atoms with Crippen molar-refractivity contribution in [2.75, 3.05) is 0 Å². The fourth-order valence-corrected chi connectivity index (χ4v) is 2.26. The summed E-state index contributed by atoms with van der Waals surface area (Å²) in [7, 11) is 0. The quantitative estimate of drug-likeness (QED) is 0.335. The van der Waals surface area contributed by atoms with Crippen LogP contribution in [0, 0.1) is 0 Å². The molecule has 0 unspecified atom stereocenters. The number of halogens is 1. The predicted molar refractivity (Wildman–Crippen MR) is 94.2 cm³/mol. The molecule has 0 radical (unpaired) electrons. The van der Waals surface area contributed by atoms with Gasteiger partial charge in [0.25, 0.3) is 0 Å². The van der Waals surface area contributed by atoms with E-state index < -0.39 is 0 Å². The maximum atomic E-state index is 6.29. The number of hydrogen-bond donors (Lipinski definition) is 1. The summed E-state index contributed by atoms with van der Waals surface area (Å²) in [5.41, 5.74) is 8.52. The smallest absolute Gasteiger partial charge is 0.173 e. The Kier molecular flexibility index (Phi) is 4.88. The molecule has 7 heteroatoms. The first kappa shape index (κ1) is 15.8. The number of amidine groups is 1. The van der Waals surface area contributed by atoms with E-state index in [2.05, 4.69) is 25.4 Å². The van der Waals surface area contributed by atoms with E-state index in [9.17, 15) is 0 Å². The van der Waals surface area contributed by atoms with E-state index in [4.69, 9.17) is 17.3 Å². The highest BCUT2D eigenvalue weighted by Gasteiger charge is 2.05. The number of pyridine rings is 2. The van der Waals surface area contributed by atoms with Crippen molar-refractivity contribution in [1.82, 2.24) is 9.97 Å². The molecule has 0 saturated heterocycles. The molecule has 3 aromatic rings. The molecule has 2 heterocycles. The SMILES string of the molecule is N/C(=N\N=Nc1ccc(-c2ccccn2)c(Cl)c1)c1ccccn1. The minimum atomic E-state index is 0.190. The van der Waals surface area contributed by atoms with Crippen LogP contribution in [0.2, 0.25) is 5.02 Å². The Morgan fingerprint density at radius 2 is 1.75 bits per heavy atom. The average molecular weight is 337 g/mol. The highest BCUT2D eigenvalue weighted by Crippen LogP contribution is 2.30. The summed E-state index contributed by atoms with van der Waals surface area (Å²) >= 11 is 6.29. The summed E-state index contributed by atoms with van der Waals surface area (Å²) in [6.07, 6.45) is 3.35. The summed E-state index contributed by atoms with van der Waals surface area (Å²) in [6.45, 7) is 0. The molecule has 0 atom stereocenters. The van der Waals surface area contributed by atoms with Crippen LogP contribution < -0.4 is 5.73 Å². The molecular weight excluding hydrogens is 324 g/mol. The van der Waals surface area contributed by atoms with Crippen molar-refractivity contribution in [3.05, 3.63) is 77.7 Å². The lowest BCUT2D eigenvalue weighted by atomic mass is 10.1. The number of benzene rings is 1. The fraction of sp³-hybridized carbons (Fsp3) is 0. The van der Waals surface area contributed by atoms with Crippen LogP contribution in [0.1, 0.15) is 5.69 Å². The van der Waals surface area contributed by atoms with E-state index in [0.29, 0.717) is 16.4 Å². The summed E-state index contributed by atoms with van der Waals surface area (Å²) < 4.78 is 0. The lowest BCUT2D eigenvalue weighted by molar-refractivity contribution is 1.05. The molecule has 118 valence electrons. The van der Waals surface area contributed by atoms with Crippen LogP contribution in [0.4, 0.5) is 5.69 Å². The number of rotatable bonds is 4. The molecular formula is C17H13ClN6. The first-order chi connectivity index (χ1) is 11.7. The average Bonchev–Trinajstić information content (AvgIpc) is 2.63. The van der Waals surface area contributed by atoms with Crippen molar-refractivity contribution in [1.29, 1.82) is 0 Å². The van der Waals surface area contributed by atoms with Crippen molar-refractivity contribution >= 4 is 23.1 Å². The predicted octanol–water partition coefficient (Wildman–Crippen LogP) is 4.20. The fourth-order valence-electron chi connectivity index (χ4n) is 1.98. The number of nitrogens with two attached hydrogens (primary N) is 1. The number of nitrogens with zero attached hydrogens (tertiary/aromatic N) is 5. The highest BCUT2D eigenvalue weighted by atomic mass is 35.5. The Hall–Kier alpha value is -3.12. The van der Waals surface area contributed by atoms with E-state index in [0.717, 1.165) is 11.3 Å². The molecule has 0 spiro atoms. The third-order valence-corrected chi connectivity index (χ3v) is 3.45. The van der Waals surface area contributed by atoms with Gasteiger partial charge < -0.3 is 5.73 Å². The summed E-state index contributed by atoms with van der Waals surface area (Å²) in [4.78, 5) is 8.35. The second kappa shape index (κ2) is 7.43. The van der Waals surface area contributed by atoms with Crippen LogP contribution in [0.15, 0.2) is 82.4 Å². The van der Waals surface area contributed by atoms with Crippen LogP contribution in [0.25, 0.3) is 11.3 Å². The molecule has 0 bridgehead atoms. The van der Waals surface area contributed by atoms with Gasteiger partial charge in [0.15, 0.2) is 5.84 Å². The molecule has 0 saturated carbocycles. The van der Waals surface area contributed by atoms with E-state index in [1.807, 2.05) is 30.3 Å². The minimum absolute atomic E-state index is 0.190. The second-order valence-corrected chi connectivity index (χ2v) is 5.18. The molecule has 6 nitrogen and oxygen atoms in total. The van der Waals surface area contributed by atoms with Gasteiger partial charge in [-0.2, -0.15) is 0 Å². The van der Waals surface area contributed by atoms with E-state index in [1.165, 1.54) is 0 Å². The van der Waals surface area contributed by atoms with E-state index in [1.54, 1.807) is 36.7 Å². The van der Waals surface area contributed by atoms with Crippen molar-refractivity contribution < 1.29 is 0 Å². The van der Waals surface area contributed by atoms with Gasteiger partial charge in [0.1, 0.15) is 5.69 Å². The topological polar surface area (TPSA) is 88.9 Å². The monoisotopic (exact) mass is 336 g/mol. The van der Waals surface area contributed by atoms with Crippen LogP contribution in [-0.4, -0.2) is 15.8 Å². The largest absolute Gasteiger partial charge is 0.380 e. The molecule has 1 aromatic carbocycles. The van der Waals surface area contributed by atoms with Gasteiger partial charge in [-0.25, -0.2) is 0 Å². The molecule has 0 aliphatic carbocycles. The summed E-state index contributed by atoms with van der Waals surface area (Å²) in [6, 6.07) is 16.3. The lowest BCUT2D eigenvalue weighted by Crippen LogP contribution is -2.13. The van der Waals surface area contributed by atoms with Gasteiger partial charge in [0.05, 0.1) is 16.4 Å². The number of hydrogen-bond acceptors (Lipinski definition) is 4. The van der Waals surface area contributed by atoms with Gasteiger partial charge >= 0.3 is 0 Å². The highest BCUT2D eigenvalue weighted by molar-refractivity contribution is 6.33. The van der Waals surface area contributed by atoms with Gasteiger partial charge in [-0.3, -0.25) is 9.97 Å². The maximum absolute atomic E-state index is 6.29. The number of aromatic nitrogens is 2.